The molecule has 1 rings (SSSR count). The number of hydrogen-bond donors (Lipinski definition) is 2. The largest absolute Gasteiger partial charge is 0.384 e. The van der Waals surface area contributed by atoms with Crippen molar-refractivity contribution in [3.05, 3.63) is 11.9 Å². The van der Waals surface area contributed by atoms with Gasteiger partial charge < -0.3 is 15.8 Å². The smallest absolute Gasteiger partial charge is 0.118 e. The summed E-state index contributed by atoms with van der Waals surface area (Å²) in [7, 11) is 1.70. The molecule has 4 heteroatoms. The molecule has 3 N–H and O–H groups in total. The highest BCUT2D eigenvalue weighted by molar-refractivity contribution is 5.72. The number of nitrogens with zero attached hydrogens (tertiary/aromatic N) is 1. The molecule has 4 nitrogen and oxygen atoms in total. The Balaban J connectivity index is 2.48. The number of methoxy groups -OCH3 is 1. The summed E-state index contributed by atoms with van der Waals surface area (Å²) in [5, 5.41) is 3.43. The quantitative estimate of drug-likeness (QED) is 0.636. The summed E-state index contributed by atoms with van der Waals surface area (Å²) in [4.78, 5) is 4.14. The van der Waals surface area contributed by atoms with Crippen LogP contribution < -0.4 is 11.1 Å². The zero-order valence-electron chi connectivity index (χ0n) is 8.92. The van der Waals surface area contributed by atoms with Gasteiger partial charge in [0, 0.05) is 19.9 Å². The van der Waals surface area contributed by atoms with Gasteiger partial charge >= 0.3 is 0 Å². The van der Waals surface area contributed by atoms with E-state index in [2.05, 4.69) is 17.2 Å². The van der Waals surface area contributed by atoms with Crippen molar-refractivity contribution in [2.45, 2.75) is 25.3 Å². The van der Waals surface area contributed by atoms with Crippen LogP contribution in [0.25, 0.3) is 0 Å². The first-order valence-electron chi connectivity index (χ1n) is 4.97. The van der Waals surface area contributed by atoms with Crippen LogP contribution >= 0.6 is 0 Å². The summed E-state index contributed by atoms with van der Waals surface area (Å²) in [5.41, 5.74) is 5.55. The molecule has 0 aromatic rings. The lowest BCUT2D eigenvalue weighted by molar-refractivity contribution is 0.191. The Bertz CT molecular complexity index is 238. The van der Waals surface area contributed by atoms with E-state index in [0.717, 1.165) is 26.0 Å². The highest BCUT2D eigenvalue weighted by Gasteiger charge is 2.26. The van der Waals surface area contributed by atoms with Crippen molar-refractivity contribution in [2.75, 3.05) is 20.3 Å². The molecular weight excluding hydrogens is 178 g/mol. The molecule has 1 aliphatic heterocycles. The summed E-state index contributed by atoms with van der Waals surface area (Å²) in [6, 6.07) is 0. The minimum absolute atomic E-state index is 0.0264. The van der Waals surface area contributed by atoms with E-state index < -0.39 is 0 Å². The Morgan fingerprint density at radius 2 is 2.50 bits per heavy atom. The summed E-state index contributed by atoms with van der Waals surface area (Å²) in [5.74, 6) is 0.614. The normalized spacial score (nSPS) is 26.3. The molecule has 0 aromatic carbocycles. The van der Waals surface area contributed by atoms with Crippen LogP contribution in [0, 0.1) is 0 Å². The van der Waals surface area contributed by atoms with E-state index in [-0.39, 0.29) is 5.54 Å². The molecule has 14 heavy (non-hydrogen) atoms. The van der Waals surface area contributed by atoms with Crippen LogP contribution in [-0.2, 0) is 4.74 Å². The van der Waals surface area contributed by atoms with Crippen LogP contribution in [0.1, 0.15) is 19.8 Å². The van der Waals surface area contributed by atoms with Crippen molar-refractivity contribution in [2.24, 2.45) is 10.7 Å². The molecule has 1 heterocycles. The van der Waals surface area contributed by atoms with E-state index in [4.69, 9.17) is 10.5 Å². The second-order valence-electron chi connectivity index (χ2n) is 3.52. The Hall–Kier alpha value is -0.870. The number of rotatable bonds is 5. The Morgan fingerprint density at radius 3 is 3.00 bits per heavy atom. The number of nitrogens with two attached hydrogens (primary N) is 1. The fraction of sp³-hybridized carbons (Fsp3) is 0.700. The average Bonchev–Trinajstić information content (AvgIpc) is 2.22. The van der Waals surface area contributed by atoms with Crippen molar-refractivity contribution >= 4 is 6.21 Å². The van der Waals surface area contributed by atoms with Gasteiger partial charge in [-0.3, -0.25) is 0 Å². The van der Waals surface area contributed by atoms with E-state index in [1.165, 1.54) is 0 Å². The van der Waals surface area contributed by atoms with Gasteiger partial charge in [0.25, 0.3) is 0 Å². The van der Waals surface area contributed by atoms with Gasteiger partial charge in [0.15, 0.2) is 0 Å². The lowest BCUT2D eigenvalue weighted by Crippen LogP contribution is -2.48. The number of nitrogens with one attached hydrogen (secondary N) is 1. The second kappa shape index (κ2) is 5.12. The molecule has 0 fully saturated rings. The highest BCUT2D eigenvalue weighted by Crippen LogP contribution is 2.18. The molecule has 1 aliphatic rings. The fourth-order valence-corrected chi connectivity index (χ4v) is 1.47. The van der Waals surface area contributed by atoms with Crippen LogP contribution in [0.5, 0.6) is 0 Å². The van der Waals surface area contributed by atoms with Gasteiger partial charge in [-0.15, -0.1) is 0 Å². The first kappa shape index (κ1) is 11.2. The van der Waals surface area contributed by atoms with Crippen molar-refractivity contribution < 1.29 is 4.74 Å². The van der Waals surface area contributed by atoms with E-state index in [1.807, 2.05) is 12.3 Å². The van der Waals surface area contributed by atoms with E-state index in [0.29, 0.717) is 5.82 Å². The Kier molecular flexibility index (Phi) is 4.10. The van der Waals surface area contributed by atoms with Crippen molar-refractivity contribution in [1.29, 1.82) is 0 Å². The molecule has 1 unspecified atom stereocenters. The predicted molar refractivity (Wildman–Crippen MR) is 58.3 cm³/mol. The molecule has 0 saturated heterocycles. The maximum absolute atomic E-state index is 5.58. The molecule has 0 aromatic heterocycles. The first-order valence-corrected chi connectivity index (χ1v) is 4.97. The van der Waals surface area contributed by atoms with E-state index >= 15 is 0 Å². The van der Waals surface area contributed by atoms with Crippen LogP contribution in [-0.4, -0.2) is 32.0 Å². The summed E-state index contributed by atoms with van der Waals surface area (Å²) < 4.78 is 5.00. The van der Waals surface area contributed by atoms with Gasteiger partial charge in [0.2, 0.25) is 0 Å². The van der Waals surface area contributed by atoms with E-state index in [9.17, 15) is 0 Å². The van der Waals surface area contributed by atoms with Gasteiger partial charge in [-0.2, -0.15) is 0 Å². The first-order chi connectivity index (χ1) is 6.72. The predicted octanol–water partition coefficient (Wildman–Crippen LogP) is 0.646. The van der Waals surface area contributed by atoms with Crippen molar-refractivity contribution in [1.82, 2.24) is 5.32 Å². The minimum Gasteiger partial charge on any atom is -0.384 e. The zero-order valence-corrected chi connectivity index (χ0v) is 8.92. The van der Waals surface area contributed by atoms with Crippen LogP contribution in [0.4, 0.5) is 0 Å². The summed E-state index contributed by atoms with van der Waals surface area (Å²) >= 11 is 0. The highest BCUT2D eigenvalue weighted by atomic mass is 16.5. The standard InChI is InChI=1S/C10H19N3O/c1-3-10(13-6-7-14-2)5-4-9(11)12-8-10/h4,8,13H,3,5-7,11H2,1-2H3. The molecule has 1 atom stereocenters. The summed E-state index contributed by atoms with van der Waals surface area (Å²) in [6.07, 6.45) is 5.79. The zero-order chi connectivity index (χ0) is 10.4. The molecule has 0 radical (unpaired) electrons. The van der Waals surface area contributed by atoms with Crippen molar-refractivity contribution in [3.63, 3.8) is 0 Å². The molecule has 0 aliphatic carbocycles. The average molecular weight is 197 g/mol. The van der Waals surface area contributed by atoms with Crippen LogP contribution in [0.2, 0.25) is 0 Å². The van der Waals surface area contributed by atoms with Crippen LogP contribution in [0.15, 0.2) is 16.9 Å². The number of aliphatic imine (C=N–C) groups is 1. The monoisotopic (exact) mass is 197 g/mol. The maximum Gasteiger partial charge on any atom is 0.118 e. The molecule has 0 spiro atoms. The molecule has 80 valence electrons. The second-order valence-corrected chi connectivity index (χ2v) is 3.52. The Morgan fingerprint density at radius 1 is 1.71 bits per heavy atom. The molecule has 0 bridgehead atoms. The Labute approximate surface area is 85.2 Å². The topological polar surface area (TPSA) is 59.6 Å². The molecular formula is C10H19N3O. The SMILES string of the molecule is CCC1(NCCOC)C=NC(N)=CC1. The third-order valence-corrected chi connectivity index (χ3v) is 2.55. The number of hydrogen-bond acceptors (Lipinski definition) is 4. The summed E-state index contributed by atoms with van der Waals surface area (Å²) in [6.45, 7) is 3.69. The maximum atomic E-state index is 5.58. The molecule has 0 amide bonds. The van der Waals surface area contributed by atoms with Gasteiger partial charge in [-0.05, 0) is 18.9 Å². The lowest BCUT2D eigenvalue weighted by Gasteiger charge is -2.31. The van der Waals surface area contributed by atoms with E-state index in [1.54, 1.807) is 7.11 Å². The lowest BCUT2D eigenvalue weighted by atomic mass is 9.91. The van der Waals surface area contributed by atoms with Gasteiger partial charge in [0.1, 0.15) is 5.82 Å². The third kappa shape index (κ3) is 2.82. The van der Waals surface area contributed by atoms with Gasteiger partial charge in [-0.1, -0.05) is 6.92 Å². The van der Waals surface area contributed by atoms with Gasteiger partial charge in [-0.25, -0.2) is 4.99 Å². The third-order valence-electron chi connectivity index (χ3n) is 2.55. The minimum atomic E-state index is -0.0264. The fourth-order valence-electron chi connectivity index (χ4n) is 1.47. The molecule has 0 saturated carbocycles. The van der Waals surface area contributed by atoms with Crippen LogP contribution in [0.3, 0.4) is 0 Å². The van der Waals surface area contributed by atoms with Crippen molar-refractivity contribution in [3.8, 4) is 0 Å². The number of ether oxygens (including phenoxy) is 1. The van der Waals surface area contributed by atoms with Gasteiger partial charge in [0.05, 0.1) is 12.1 Å².